The molecule has 1 aromatic heterocycles. The fourth-order valence-electron chi connectivity index (χ4n) is 1.95. The van der Waals surface area contributed by atoms with Gasteiger partial charge in [-0.3, -0.25) is 4.98 Å². The van der Waals surface area contributed by atoms with Crippen LogP contribution in [0.1, 0.15) is 32.8 Å². The minimum absolute atomic E-state index is 0.227. The van der Waals surface area contributed by atoms with Crippen LogP contribution in [0.25, 0.3) is 10.9 Å². The van der Waals surface area contributed by atoms with Crippen molar-refractivity contribution in [1.82, 2.24) is 10.3 Å². The third-order valence-corrected chi connectivity index (χ3v) is 2.83. The minimum Gasteiger partial charge on any atom is -0.444 e. The third-order valence-electron chi connectivity index (χ3n) is 2.83. The molecule has 126 valence electrons. The highest BCUT2D eigenvalue weighted by Crippen LogP contribution is 2.10. The zero-order chi connectivity index (χ0) is 17.7. The highest BCUT2D eigenvalue weighted by molar-refractivity contribution is 5.83. The lowest BCUT2D eigenvalue weighted by molar-refractivity contribution is 0.0529. The summed E-state index contributed by atoms with van der Waals surface area (Å²) in [6.45, 7) is 5.66. The predicted molar refractivity (Wildman–Crippen MR) is 88.8 cm³/mol. The van der Waals surface area contributed by atoms with Gasteiger partial charge in [-0.1, -0.05) is 17.9 Å². The molecule has 0 unspecified atom stereocenters. The molecule has 0 aliphatic rings. The van der Waals surface area contributed by atoms with Gasteiger partial charge in [0.15, 0.2) is 0 Å². The highest BCUT2D eigenvalue weighted by Gasteiger charge is 2.15. The number of carbonyl (C=O) groups excluding carboxylic acids is 1. The van der Waals surface area contributed by atoms with Crippen molar-refractivity contribution in [2.75, 3.05) is 6.54 Å². The largest absolute Gasteiger partial charge is 0.444 e. The van der Waals surface area contributed by atoms with Gasteiger partial charge in [-0.25, -0.2) is 14.4 Å². The van der Waals surface area contributed by atoms with Gasteiger partial charge >= 0.3 is 17.5 Å². The predicted octanol–water partition coefficient (Wildman–Crippen LogP) is 1.75. The van der Waals surface area contributed by atoms with Crippen molar-refractivity contribution in [3.8, 4) is 11.8 Å². The Balaban J connectivity index is 2.05. The molecule has 0 fully saturated rings. The molecule has 0 aliphatic heterocycles. The van der Waals surface area contributed by atoms with Gasteiger partial charge in [0, 0.05) is 18.5 Å². The van der Waals surface area contributed by atoms with Gasteiger partial charge in [0.1, 0.15) is 5.60 Å². The van der Waals surface area contributed by atoms with Crippen molar-refractivity contribution in [1.29, 1.82) is 0 Å². The number of benzene rings is 1. The van der Waals surface area contributed by atoms with E-state index in [1.54, 1.807) is 39.0 Å². The van der Waals surface area contributed by atoms with Crippen LogP contribution in [0.4, 0.5) is 4.79 Å². The van der Waals surface area contributed by atoms with Crippen LogP contribution in [0.5, 0.6) is 0 Å². The first-order chi connectivity index (χ1) is 11.3. The van der Waals surface area contributed by atoms with Gasteiger partial charge in [-0.05, 0) is 32.9 Å². The van der Waals surface area contributed by atoms with E-state index in [1.807, 2.05) is 0 Å². The van der Waals surface area contributed by atoms with Crippen LogP contribution >= 0.6 is 0 Å². The molecule has 1 aromatic carbocycles. The van der Waals surface area contributed by atoms with Crippen molar-refractivity contribution >= 4 is 17.0 Å². The maximum absolute atomic E-state index is 11.8. The number of alkyl carbamates (subject to hydrolysis) is 1. The molecule has 2 N–H and O–H groups in total. The van der Waals surface area contributed by atoms with Gasteiger partial charge in [0.25, 0.3) is 0 Å². The second-order valence-electron chi connectivity index (χ2n) is 6.01. The normalized spacial score (nSPS) is 10.8. The van der Waals surface area contributed by atoms with Crippen LogP contribution in [-0.4, -0.2) is 23.2 Å². The summed E-state index contributed by atoms with van der Waals surface area (Å²) in [6, 6.07) is 4.94. The molecular formula is C17H18N2O5. The number of nitrogens with one attached hydrogen (secondary N) is 2. The molecule has 2 rings (SSSR count). The fourth-order valence-corrected chi connectivity index (χ4v) is 1.95. The zero-order valence-electron chi connectivity index (χ0n) is 13.7. The van der Waals surface area contributed by atoms with Crippen molar-refractivity contribution in [3.05, 3.63) is 44.7 Å². The van der Waals surface area contributed by atoms with E-state index in [2.05, 4.69) is 26.6 Å². The molecule has 0 radical (unpaired) electrons. The Bertz CT molecular complexity index is 922. The fraction of sp³-hybridized carbons (Fsp3) is 0.353. The molecule has 0 saturated heterocycles. The number of rotatable bonds is 2. The number of fused-ring (bicyclic) bond motifs is 1. The molecule has 7 heteroatoms. The number of aromatic nitrogens is 1. The lowest BCUT2D eigenvalue weighted by atomic mass is 10.1. The monoisotopic (exact) mass is 330 g/mol. The van der Waals surface area contributed by atoms with E-state index in [0.29, 0.717) is 24.0 Å². The maximum Gasteiger partial charge on any atom is 0.419 e. The molecule has 2 aromatic rings. The Morgan fingerprint density at radius 1 is 1.33 bits per heavy atom. The van der Waals surface area contributed by atoms with Gasteiger partial charge in [-0.2, -0.15) is 0 Å². The van der Waals surface area contributed by atoms with Crippen molar-refractivity contribution in [2.24, 2.45) is 0 Å². The summed E-state index contributed by atoms with van der Waals surface area (Å²) >= 11 is 0. The highest BCUT2D eigenvalue weighted by atomic mass is 16.6. The number of ether oxygens (including phenoxy) is 1. The first-order valence-corrected chi connectivity index (χ1v) is 7.38. The van der Waals surface area contributed by atoms with Crippen LogP contribution in [0.3, 0.4) is 0 Å². The van der Waals surface area contributed by atoms with E-state index >= 15 is 0 Å². The first-order valence-electron chi connectivity index (χ1n) is 7.38. The smallest absolute Gasteiger partial charge is 0.419 e. The van der Waals surface area contributed by atoms with E-state index in [9.17, 15) is 14.4 Å². The molecule has 0 aliphatic carbocycles. The summed E-state index contributed by atoms with van der Waals surface area (Å²) < 4.78 is 9.63. The maximum atomic E-state index is 11.8. The molecule has 0 bridgehead atoms. The quantitative estimate of drug-likeness (QED) is 0.645. The van der Waals surface area contributed by atoms with E-state index in [-0.39, 0.29) is 5.39 Å². The van der Waals surface area contributed by atoms with Crippen LogP contribution < -0.4 is 16.7 Å². The molecule has 0 saturated carbocycles. The Morgan fingerprint density at radius 3 is 2.79 bits per heavy atom. The molecule has 1 heterocycles. The number of hydrogen-bond acceptors (Lipinski definition) is 5. The van der Waals surface area contributed by atoms with E-state index in [0.717, 1.165) is 0 Å². The van der Waals surface area contributed by atoms with Crippen molar-refractivity contribution in [3.63, 3.8) is 0 Å². The van der Waals surface area contributed by atoms with E-state index in [4.69, 9.17) is 4.74 Å². The van der Waals surface area contributed by atoms with Crippen LogP contribution in [0.2, 0.25) is 0 Å². The number of hydrogen-bond donors (Lipinski definition) is 2. The Hall–Kier alpha value is -3.01. The Labute approximate surface area is 138 Å². The second-order valence-corrected chi connectivity index (χ2v) is 6.01. The Kier molecular flexibility index (Phi) is 5.09. The lowest BCUT2D eigenvalue weighted by Gasteiger charge is -2.19. The average Bonchev–Trinajstić information content (AvgIpc) is 2.44. The Morgan fingerprint density at radius 2 is 2.08 bits per heavy atom. The summed E-state index contributed by atoms with van der Waals surface area (Å²) in [5.74, 6) is 4.90. The molecular weight excluding hydrogens is 312 g/mol. The topological polar surface area (TPSA) is 101 Å². The standard InChI is InChI=1S/C17H18N2O5/c1-17(2,3)24-15(21)18-10-5-4-7-11-8-6-9-12-13(11)14(20)23-16(22)19-12/h6,8-9H,5,10H2,1-3H3,(H,18,21)(H,19,22). The van der Waals surface area contributed by atoms with Crippen molar-refractivity contribution in [2.45, 2.75) is 32.8 Å². The van der Waals surface area contributed by atoms with Gasteiger partial charge < -0.3 is 14.5 Å². The van der Waals surface area contributed by atoms with Crippen LogP contribution in [-0.2, 0) is 4.74 Å². The zero-order valence-corrected chi connectivity index (χ0v) is 13.7. The number of H-pyrrole nitrogens is 1. The number of aromatic amines is 1. The van der Waals surface area contributed by atoms with Gasteiger partial charge in [0.05, 0.1) is 10.9 Å². The van der Waals surface area contributed by atoms with Crippen molar-refractivity contribution < 1.29 is 13.9 Å². The van der Waals surface area contributed by atoms with Crippen LogP contribution in [0, 0.1) is 11.8 Å². The summed E-state index contributed by atoms with van der Waals surface area (Å²) in [7, 11) is 0. The van der Waals surface area contributed by atoms with E-state index in [1.165, 1.54) is 0 Å². The molecule has 0 spiro atoms. The third kappa shape index (κ3) is 4.74. The summed E-state index contributed by atoms with van der Waals surface area (Å²) in [5.41, 5.74) is -0.459. The molecule has 1 amide bonds. The first kappa shape index (κ1) is 17.3. The minimum atomic E-state index is -0.806. The van der Waals surface area contributed by atoms with E-state index < -0.39 is 23.1 Å². The number of carbonyl (C=O) groups is 1. The lowest BCUT2D eigenvalue weighted by Crippen LogP contribution is -2.32. The SMILES string of the molecule is CC(C)(C)OC(=O)NCCC#Cc1cccc2[nH]c(=O)oc(=O)c12. The molecule has 7 nitrogen and oxygen atoms in total. The van der Waals surface area contributed by atoms with Crippen LogP contribution in [0.15, 0.2) is 32.2 Å². The number of amides is 1. The summed E-state index contributed by atoms with van der Waals surface area (Å²) in [6.07, 6.45) is -0.127. The second kappa shape index (κ2) is 7.04. The average molecular weight is 330 g/mol. The molecule has 24 heavy (non-hydrogen) atoms. The summed E-state index contributed by atoms with van der Waals surface area (Å²) in [5, 5.41) is 2.82. The van der Waals surface area contributed by atoms with Gasteiger partial charge in [0.2, 0.25) is 0 Å². The van der Waals surface area contributed by atoms with Gasteiger partial charge in [-0.15, -0.1) is 0 Å². The molecule has 0 atom stereocenters. The summed E-state index contributed by atoms with van der Waals surface area (Å²) in [4.78, 5) is 36.9.